The van der Waals surface area contributed by atoms with Crippen LogP contribution in [0.25, 0.3) is 11.1 Å². The number of nitrogens with zero attached hydrogens (tertiary/aromatic N) is 2. The molecular weight excluding hydrogens is 338 g/mol. The number of aryl methyl sites for hydroxylation is 1. The summed E-state index contributed by atoms with van der Waals surface area (Å²) >= 11 is 0. The first kappa shape index (κ1) is 19.4. The molecule has 26 heavy (non-hydrogen) atoms. The van der Waals surface area contributed by atoms with Crippen LogP contribution in [0.4, 0.5) is 13.6 Å². The monoisotopic (exact) mass is 360 g/mol. The van der Waals surface area contributed by atoms with Gasteiger partial charge < -0.3 is 16.4 Å². The third-order valence-electron chi connectivity index (χ3n) is 4.34. The van der Waals surface area contributed by atoms with Crippen LogP contribution < -0.4 is 11.5 Å². The van der Waals surface area contributed by atoms with Crippen LogP contribution >= 0.6 is 0 Å². The smallest absolute Gasteiger partial charge is 0.347 e. The first-order valence-electron chi connectivity index (χ1n) is 7.82. The SMILES string of the molecule is C.Cc1cccc(F)c1-c1ccc(F)c2c1CN(C(=O)N=C(N)N)CC2. The van der Waals surface area contributed by atoms with Crippen LogP contribution in [0.5, 0.6) is 0 Å². The Labute approximate surface area is 151 Å². The van der Waals surface area contributed by atoms with Gasteiger partial charge in [0.1, 0.15) is 11.6 Å². The van der Waals surface area contributed by atoms with Crippen LogP contribution in [0, 0.1) is 18.6 Å². The van der Waals surface area contributed by atoms with Crippen molar-refractivity contribution < 1.29 is 13.6 Å². The number of carbonyl (C=O) groups excluding carboxylic acids is 1. The molecule has 0 saturated carbocycles. The molecule has 2 aromatic rings. The van der Waals surface area contributed by atoms with Gasteiger partial charge in [0, 0.05) is 18.7 Å². The van der Waals surface area contributed by atoms with E-state index in [0.717, 1.165) is 5.56 Å². The van der Waals surface area contributed by atoms with Crippen molar-refractivity contribution in [2.75, 3.05) is 6.54 Å². The second kappa shape index (κ2) is 7.51. The number of halogens is 2. The summed E-state index contributed by atoms with van der Waals surface area (Å²) in [6.45, 7) is 2.20. The van der Waals surface area contributed by atoms with Gasteiger partial charge in [-0.25, -0.2) is 13.6 Å². The molecule has 2 amide bonds. The number of carbonyl (C=O) groups is 1. The van der Waals surface area contributed by atoms with Crippen molar-refractivity contribution in [2.24, 2.45) is 16.5 Å². The van der Waals surface area contributed by atoms with Gasteiger partial charge in [-0.15, -0.1) is 0 Å². The maximum atomic E-state index is 14.4. The van der Waals surface area contributed by atoms with E-state index >= 15 is 0 Å². The number of fused-ring (bicyclic) bond motifs is 1. The Bertz CT molecular complexity index is 856. The minimum atomic E-state index is -0.592. The molecule has 0 atom stereocenters. The lowest BCUT2D eigenvalue weighted by Crippen LogP contribution is -2.37. The fraction of sp³-hybridized carbons (Fsp3) is 0.263. The van der Waals surface area contributed by atoms with Gasteiger partial charge in [0.05, 0.1) is 0 Å². The van der Waals surface area contributed by atoms with Crippen molar-refractivity contribution >= 4 is 12.0 Å². The quantitative estimate of drug-likeness (QED) is 0.604. The van der Waals surface area contributed by atoms with Crippen LogP contribution in [0.15, 0.2) is 35.3 Å². The number of nitrogens with two attached hydrogens (primary N) is 2. The maximum Gasteiger partial charge on any atom is 0.347 e. The zero-order chi connectivity index (χ0) is 18.1. The maximum absolute atomic E-state index is 14.4. The van der Waals surface area contributed by atoms with Gasteiger partial charge in [-0.05, 0) is 47.7 Å². The third-order valence-corrected chi connectivity index (χ3v) is 4.34. The predicted molar refractivity (Wildman–Crippen MR) is 98.6 cm³/mol. The molecule has 138 valence electrons. The number of guanidine groups is 1. The highest BCUT2D eigenvalue weighted by Gasteiger charge is 2.26. The summed E-state index contributed by atoms with van der Waals surface area (Å²) in [5.74, 6) is -1.08. The van der Waals surface area contributed by atoms with Crippen LogP contribution in [0.2, 0.25) is 0 Å². The van der Waals surface area contributed by atoms with Crippen molar-refractivity contribution in [3.63, 3.8) is 0 Å². The van der Waals surface area contributed by atoms with Crippen LogP contribution in [-0.4, -0.2) is 23.4 Å². The summed E-state index contributed by atoms with van der Waals surface area (Å²) in [7, 11) is 0. The van der Waals surface area contributed by atoms with Gasteiger partial charge in [0.25, 0.3) is 0 Å². The summed E-state index contributed by atoms with van der Waals surface area (Å²) in [5, 5.41) is 0. The molecule has 1 aliphatic rings. The van der Waals surface area contributed by atoms with Gasteiger partial charge in [0.15, 0.2) is 5.96 Å². The molecule has 5 nitrogen and oxygen atoms in total. The van der Waals surface area contributed by atoms with Crippen LogP contribution in [0.1, 0.15) is 24.1 Å². The van der Waals surface area contributed by atoms with E-state index in [-0.39, 0.29) is 31.6 Å². The van der Waals surface area contributed by atoms with E-state index in [1.165, 1.54) is 17.0 Å². The molecular formula is C19H22F2N4O. The molecule has 0 saturated heterocycles. The largest absolute Gasteiger partial charge is 0.370 e. The Kier molecular flexibility index (Phi) is 5.59. The lowest BCUT2D eigenvalue weighted by atomic mass is 9.89. The first-order chi connectivity index (χ1) is 11.9. The zero-order valence-corrected chi connectivity index (χ0v) is 13.7. The van der Waals surface area contributed by atoms with Crippen molar-refractivity contribution in [3.05, 3.63) is 58.7 Å². The van der Waals surface area contributed by atoms with E-state index in [0.29, 0.717) is 35.2 Å². The van der Waals surface area contributed by atoms with Crippen LogP contribution in [-0.2, 0) is 13.0 Å². The fourth-order valence-corrected chi connectivity index (χ4v) is 3.18. The summed E-state index contributed by atoms with van der Waals surface area (Å²) in [4.78, 5) is 17.0. The molecule has 1 aliphatic heterocycles. The topological polar surface area (TPSA) is 84.7 Å². The minimum Gasteiger partial charge on any atom is -0.370 e. The van der Waals surface area contributed by atoms with Crippen molar-refractivity contribution in [1.29, 1.82) is 0 Å². The van der Waals surface area contributed by atoms with Gasteiger partial charge in [-0.2, -0.15) is 4.99 Å². The summed E-state index contributed by atoms with van der Waals surface area (Å²) in [6, 6.07) is 7.08. The molecule has 2 aromatic carbocycles. The van der Waals surface area contributed by atoms with E-state index in [1.807, 2.05) is 0 Å². The average Bonchev–Trinajstić information content (AvgIpc) is 2.55. The lowest BCUT2D eigenvalue weighted by molar-refractivity contribution is 0.202. The second-order valence-electron chi connectivity index (χ2n) is 5.97. The Balaban J connectivity index is 0.00000243. The molecule has 0 aliphatic carbocycles. The highest BCUT2D eigenvalue weighted by molar-refractivity contribution is 5.90. The standard InChI is InChI=1S/C18H18F2N4O.CH4/c1-10-3-2-4-15(20)16(10)12-5-6-14(19)11-7-8-24(9-13(11)12)18(25)23-17(21)22;/h2-6H,7-9H2,1H3,(H4,21,22,23,25);1H4. The van der Waals surface area contributed by atoms with Gasteiger partial charge in [-0.1, -0.05) is 25.6 Å². The summed E-state index contributed by atoms with van der Waals surface area (Å²) in [6.07, 6.45) is 0.314. The molecule has 7 heteroatoms. The van der Waals surface area contributed by atoms with Crippen molar-refractivity contribution in [3.8, 4) is 11.1 Å². The normalized spacial score (nSPS) is 12.8. The number of amides is 2. The lowest BCUT2D eigenvalue weighted by Gasteiger charge is -2.29. The van der Waals surface area contributed by atoms with Gasteiger partial charge in [-0.3, -0.25) is 0 Å². The highest BCUT2D eigenvalue weighted by atomic mass is 19.1. The average molecular weight is 360 g/mol. The number of hydrogen-bond donors (Lipinski definition) is 2. The Morgan fingerprint density at radius 3 is 2.50 bits per heavy atom. The Hall–Kier alpha value is -2.96. The highest BCUT2D eigenvalue weighted by Crippen LogP contribution is 2.35. The molecule has 1 heterocycles. The molecule has 0 bridgehead atoms. The minimum absolute atomic E-state index is 0. The first-order valence-corrected chi connectivity index (χ1v) is 7.82. The summed E-state index contributed by atoms with van der Waals surface area (Å²) in [5.41, 5.74) is 13.3. The number of hydrogen-bond acceptors (Lipinski definition) is 1. The Morgan fingerprint density at radius 1 is 1.12 bits per heavy atom. The number of aliphatic imine (C=N–C) groups is 1. The Morgan fingerprint density at radius 2 is 1.85 bits per heavy atom. The summed E-state index contributed by atoms with van der Waals surface area (Å²) < 4.78 is 28.6. The van der Waals surface area contributed by atoms with E-state index in [2.05, 4.69) is 4.99 Å². The van der Waals surface area contributed by atoms with E-state index in [4.69, 9.17) is 11.5 Å². The molecule has 0 spiro atoms. The second-order valence-corrected chi connectivity index (χ2v) is 5.97. The predicted octanol–water partition coefficient (Wildman–Crippen LogP) is 3.33. The van der Waals surface area contributed by atoms with Gasteiger partial charge in [0.2, 0.25) is 0 Å². The fourth-order valence-electron chi connectivity index (χ4n) is 3.18. The van der Waals surface area contributed by atoms with Crippen molar-refractivity contribution in [1.82, 2.24) is 4.90 Å². The molecule has 4 N–H and O–H groups in total. The third kappa shape index (κ3) is 3.51. The number of rotatable bonds is 1. The van der Waals surface area contributed by atoms with Crippen molar-refractivity contribution in [2.45, 2.75) is 27.3 Å². The molecule has 0 fully saturated rings. The molecule has 0 unspecified atom stereocenters. The zero-order valence-electron chi connectivity index (χ0n) is 13.7. The van der Waals surface area contributed by atoms with Crippen LogP contribution in [0.3, 0.4) is 0 Å². The van der Waals surface area contributed by atoms with Gasteiger partial charge >= 0.3 is 6.03 Å². The molecule has 3 rings (SSSR count). The van der Waals surface area contributed by atoms with E-state index in [9.17, 15) is 13.6 Å². The van der Waals surface area contributed by atoms with E-state index in [1.54, 1.807) is 25.1 Å². The van der Waals surface area contributed by atoms with E-state index < -0.39 is 6.03 Å². The molecule has 0 radical (unpaired) electrons. The molecule has 0 aromatic heterocycles. The number of benzene rings is 2. The number of urea groups is 1.